The lowest BCUT2D eigenvalue weighted by Crippen LogP contribution is -2.41. The number of rotatable bonds is 4. The maximum absolute atomic E-state index is 12.9. The molecule has 102 valence electrons. The second-order valence-corrected chi connectivity index (χ2v) is 3.25. The first kappa shape index (κ1) is 14.8. The zero-order chi connectivity index (χ0) is 14.0. The summed E-state index contributed by atoms with van der Waals surface area (Å²) in [7, 11) is 0. The van der Waals surface area contributed by atoms with Crippen molar-refractivity contribution in [2.45, 2.75) is 18.8 Å². The van der Waals surface area contributed by atoms with Crippen LogP contribution in [0.3, 0.4) is 0 Å². The fourth-order valence-corrected chi connectivity index (χ4v) is 0.924. The molecule has 0 aliphatic heterocycles. The Morgan fingerprint density at radius 3 is 2.22 bits per heavy atom. The molecule has 0 amide bonds. The Bertz CT molecular complexity index is 396. The molecule has 0 saturated carbocycles. The normalized spacial score (nSPS) is 14.4. The van der Waals surface area contributed by atoms with Crippen molar-refractivity contribution in [3.05, 3.63) is 23.5 Å². The first-order chi connectivity index (χ1) is 8.10. The van der Waals surface area contributed by atoms with Crippen LogP contribution in [0.25, 0.3) is 0 Å². The summed E-state index contributed by atoms with van der Waals surface area (Å²) in [6.45, 7) is 0. The van der Waals surface area contributed by atoms with Crippen LogP contribution in [-0.2, 0) is 4.74 Å². The molecule has 1 atom stereocenters. The molecule has 1 aromatic heterocycles. The lowest BCUT2D eigenvalue weighted by Gasteiger charge is -2.21. The number of nitrogens with zero attached hydrogens (tertiary/aromatic N) is 1. The van der Waals surface area contributed by atoms with Gasteiger partial charge >= 0.3 is 18.8 Å². The van der Waals surface area contributed by atoms with Crippen molar-refractivity contribution >= 4 is 11.6 Å². The van der Waals surface area contributed by atoms with Crippen LogP contribution in [0.1, 0.15) is 0 Å². The third-order valence-electron chi connectivity index (χ3n) is 1.46. The third kappa shape index (κ3) is 4.57. The van der Waals surface area contributed by atoms with E-state index in [0.717, 1.165) is 12.1 Å². The Balaban J connectivity index is 2.71. The Morgan fingerprint density at radius 1 is 1.17 bits per heavy atom. The fourth-order valence-electron chi connectivity index (χ4n) is 0.812. The van der Waals surface area contributed by atoms with Crippen LogP contribution in [0.4, 0.5) is 26.3 Å². The second kappa shape index (κ2) is 5.19. The van der Waals surface area contributed by atoms with Crippen molar-refractivity contribution in [1.29, 1.82) is 0 Å². The van der Waals surface area contributed by atoms with Crippen molar-refractivity contribution in [3.63, 3.8) is 0 Å². The number of alkyl halides is 6. The van der Waals surface area contributed by atoms with Crippen LogP contribution in [0.2, 0.25) is 5.15 Å². The molecule has 0 radical (unpaired) electrons. The summed E-state index contributed by atoms with van der Waals surface area (Å²) < 4.78 is 79.1. The van der Waals surface area contributed by atoms with E-state index in [1.807, 2.05) is 0 Å². The Hall–Kier alpha value is -1.22. The van der Waals surface area contributed by atoms with Crippen molar-refractivity contribution in [3.8, 4) is 5.75 Å². The molecule has 0 aliphatic carbocycles. The highest BCUT2D eigenvalue weighted by atomic mass is 35.5. The highest BCUT2D eigenvalue weighted by Gasteiger charge is 2.50. The van der Waals surface area contributed by atoms with Crippen molar-refractivity contribution in [2.75, 3.05) is 0 Å². The summed E-state index contributed by atoms with van der Waals surface area (Å²) in [6.07, 6.45) is -13.7. The molecule has 1 heterocycles. The van der Waals surface area contributed by atoms with Crippen LogP contribution in [0.5, 0.6) is 5.75 Å². The van der Waals surface area contributed by atoms with Crippen LogP contribution in [0, 0.1) is 0 Å². The van der Waals surface area contributed by atoms with E-state index in [1.165, 1.54) is 0 Å². The average Bonchev–Trinajstić information content (AvgIpc) is 2.18. The van der Waals surface area contributed by atoms with Gasteiger partial charge in [-0.1, -0.05) is 11.6 Å². The van der Waals surface area contributed by atoms with Gasteiger partial charge in [0.05, 0.1) is 6.20 Å². The lowest BCUT2D eigenvalue weighted by atomic mass is 10.4. The van der Waals surface area contributed by atoms with Gasteiger partial charge < -0.3 is 4.74 Å². The van der Waals surface area contributed by atoms with Gasteiger partial charge in [0.1, 0.15) is 10.9 Å². The van der Waals surface area contributed by atoms with Crippen LogP contribution in [-0.4, -0.2) is 23.8 Å². The highest BCUT2D eigenvalue weighted by Crippen LogP contribution is 2.31. The summed E-state index contributed by atoms with van der Waals surface area (Å²) in [5, 5.41) is -0.0611. The van der Waals surface area contributed by atoms with Gasteiger partial charge in [0, 0.05) is 0 Å². The van der Waals surface area contributed by atoms with Crippen molar-refractivity contribution in [2.24, 2.45) is 0 Å². The van der Waals surface area contributed by atoms with Gasteiger partial charge in [0.25, 0.3) is 0 Å². The van der Waals surface area contributed by atoms with E-state index in [9.17, 15) is 26.3 Å². The van der Waals surface area contributed by atoms with E-state index in [4.69, 9.17) is 11.6 Å². The van der Waals surface area contributed by atoms with Crippen LogP contribution >= 0.6 is 11.6 Å². The van der Waals surface area contributed by atoms with E-state index in [1.54, 1.807) is 0 Å². The first-order valence-electron chi connectivity index (χ1n) is 4.17. The largest absolute Gasteiger partial charge is 0.525 e. The number of ether oxygens (including phenoxy) is 2. The van der Waals surface area contributed by atoms with E-state index in [-0.39, 0.29) is 5.15 Å². The van der Waals surface area contributed by atoms with Gasteiger partial charge in [-0.05, 0) is 12.1 Å². The summed E-state index contributed by atoms with van der Waals surface area (Å²) >= 11 is 5.33. The van der Waals surface area contributed by atoms with Gasteiger partial charge in [-0.3, -0.25) is 0 Å². The predicted molar refractivity (Wildman–Crippen MR) is 46.9 cm³/mol. The van der Waals surface area contributed by atoms with Gasteiger partial charge in [-0.15, -0.1) is 13.2 Å². The minimum Gasteiger partial charge on any atom is -0.427 e. The molecule has 1 unspecified atom stereocenters. The fraction of sp³-hybridized carbons (Fsp3) is 0.375. The first-order valence-corrected chi connectivity index (χ1v) is 4.55. The minimum atomic E-state index is -5.55. The molecule has 1 aromatic rings. The SMILES string of the molecule is FC(OC(F)(F)F)C(F)(F)Oc1ccc(Cl)nc1. The maximum atomic E-state index is 12.9. The van der Waals surface area contributed by atoms with Crippen LogP contribution in [0.15, 0.2) is 18.3 Å². The number of halogens is 7. The summed E-state index contributed by atoms with van der Waals surface area (Å²) in [6, 6.07) is 1.91. The Kier molecular flexibility index (Phi) is 4.28. The lowest BCUT2D eigenvalue weighted by molar-refractivity contribution is -0.411. The number of pyridine rings is 1. The Labute approximate surface area is 101 Å². The molecular formula is C8H4ClF6NO2. The van der Waals surface area contributed by atoms with Crippen molar-refractivity contribution in [1.82, 2.24) is 4.98 Å². The summed E-state index contributed by atoms with van der Waals surface area (Å²) in [5.74, 6) is -0.669. The molecule has 0 aliphatic rings. The molecular weight excluding hydrogens is 292 g/mol. The quantitative estimate of drug-likeness (QED) is 0.629. The number of aromatic nitrogens is 1. The molecule has 18 heavy (non-hydrogen) atoms. The molecule has 0 aromatic carbocycles. The van der Waals surface area contributed by atoms with Crippen molar-refractivity contribution < 1.29 is 35.8 Å². The highest BCUT2D eigenvalue weighted by molar-refractivity contribution is 6.29. The molecule has 0 N–H and O–H groups in total. The predicted octanol–water partition coefficient (Wildman–Crippen LogP) is 3.54. The summed E-state index contributed by atoms with van der Waals surface area (Å²) in [5.41, 5.74) is 0. The number of hydrogen-bond acceptors (Lipinski definition) is 3. The molecule has 3 nitrogen and oxygen atoms in total. The van der Waals surface area contributed by atoms with Gasteiger partial charge in [-0.25, -0.2) is 14.1 Å². The van der Waals surface area contributed by atoms with Gasteiger partial charge in [0.15, 0.2) is 0 Å². The average molecular weight is 296 g/mol. The summed E-state index contributed by atoms with van der Waals surface area (Å²) in [4.78, 5) is 3.32. The monoisotopic (exact) mass is 295 g/mol. The Morgan fingerprint density at radius 2 is 1.78 bits per heavy atom. The number of hydrogen-bond donors (Lipinski definition) is 0. The van der Waals surface area contributed by atoms with E-state index < -0.39 is 24.6 Å². The third-order valence-corrected chi connectivity index (χ3v) is 1.68. The standard InChI is InChI=1S/C8H4ClF6NO2/c9-5-2-1-4(3-16-5)17-7(11,12)6(10)18-8(13,14)15/h1-3,6H. The second-order valence-electron chi connectivity index (χ2n) is 2.86. The zero-order valence-electron chi connectivity index (χ0n) is 8.22. The molecule has 0 bridgehead atoms. The molecule has 1 rings (SSSR count). The smallest absolute Gasteiger partial charge is 0.427 e. The molecule has 0 saturated heterocycles. The van der Waals surface area contributed by atoms with Gasteiger partial charge in [0.2, 0.25) is 0 Å². The van der Waals surface area contributed by atoms with E-state index >= 15 is 0 Å². The van der Waals surface area contributed by atoms with E-state index in [2.05, 4.69) is 14.5 Å². The van der Waals surface area contributed by atoms with Crippen LogP contribution < -0.4 is 4.74 Å². The topological polar surface area (TPSA) is 31.4 Å². The minimum absolute atomic E-state index is 0.0611. The molecule has 10 heteroatoms. The zero-order valence-corrected chi connectivity index (χ0v) is 8.97. The molecule has 0 fully saturated rings. The molecule has 0 spiro atoms. The maximum Gasteiger partial charge on any atom is 0.525 e. The van der Waals surface area contributed by atoms with Gasteiger partial charge in [-0.2, -0.15) is 8.78 Å². The van der Waals surface area contributed by atoms with E-state index in [0.29, 0.717) is 6.20 Å².